The van der Waals surface area contributed by atoms with Gasteiger partial charge in [0.15, 0.2) is 0 Å². The van der Waals surface area contributed by atoms with Crippen molar-refractivity contribution < 1.29 is 18.0 Å². The SMILES string of the molecule is CC(=O)Nc1ccc(S(=O)(=O)N[C@@H](C)C(=O)N(C)Cc2ccccc2Br)cc1. The molecule has 2 aromatic carbocycles. The molecule has 150 valence electrons. The molecule has 0 aromatic heterocycles. The summed E-state index contributed by atoms with van der Waals surface area (Å²) in [5.74, 6) is -0.602. The number of nitrogens with one attached hydrogen (secondary N) is 2. The Bertz CT molecular complexity index is 961. The number of anilines is 1. The van der Waals surface area contributed by atoms with E-state index in [0.717, 1.165) is 10.0 Å². The average molecular weight is 468 g/mol. The third-order valence-corrected chi connectivity index (χ3v) is 6.26. The van der Waals surface area contributed by atoms with Crippen LogP contribution >= 0.6 is 15.9 Å². The van der Waals surface area contributed by atoms with Gasteiger partial charge in [0.1, 0.15) is 0 Å². The van der Waals surface area contributed by atoms with Gasteiger partial charge in [0.2, 0.25) is 21.8 Å². The molecule has 0 aliphatic rings. The number of benzene rings is 2. The van der Waals surface area contributed by atoms with Crippen LogP contribution in [0.15, 0.2) is 57.9 Å². The molecule has 0 fully saturated rings. The van der Waals surface area contributed by atoms with Gasteiger partial charge in [0, 0.05) is 30.7 Å². The summed E-state index contributed by atoms with van der Waals surface area (Å²) in [4.78, 5) is 25.1. The van der Waals surface area contributed by atoms with Crippen LogP contribution in [0.3, 0.4) is 0 Å². The quantitative estimate of drug-likeness (QED) is 0.654. The summed E-state index contributed by atoms with van der Waals surface area (Å²) in [6.07, 6.45) is 0. The molecular weight excluding hydrogens is 446 g/mol. The summed E-state index contributed by atoms with van der Waals surface area (Å²) >= 11 is 3.44. The van der Waals surface area contributed by atoms with Gasteiger partial charge >= 0.3 is 0 Å². The molecule has 28 heavy (non-hydrogen) atoms. The van der Waals surface area contributed by atoms with Gasteiger partial charge in [-0.15, -0.1) is 0 Å². The molecule has 0 saturated heterocycles. The molecule has 0 unspecified atom stereocenters. The van der Waals surface area contributed by atoms with E-state index in [9.17, 15) is 18.0 Å². The molecule has 0 saturated carbocycles. The van der Waals surface area contributed by atoms with Crippen molar-refractivity contribution in [2.45, 2.75) is 31.3 Å². The number of likely N-dealkylation sites (N-methyl/N-ethyl adjacent to an activating group) is 1. The van der Waals surface area contributed by atoms with Crippen molar-refractivity contribution in [2.24, 2.45) is 0 Å². The van der Waals surface area contributed by atoms with E-state index in [0.29, 0.717) is 12.2 Å². The number of carbonyl (C=O) groups is 2. The molecular formula is C19H22BrN3O4S. The predicted octanol–water partition coefficient (Wildman–Crippen LogP) is 2.73. The highest BCUT2D eigenvalue weighted by Gasteiger charge is 2.24. The van der Waals surface area contributed by atoms with E-state index in [4.69, 9.17) is 0 Å². The molecule has 9 heteroatoms. The summed E-state index contributed by atoms with van der Waals surface area (Å²) in [6.45, 7) is 3.21. The summed E-state index contributed by atoms with van der Waals surface area (Å²) < 4.78 is 28.4. The van der Waals surface area contributed by atoms with Crippen molar-refractivity contribution >= 4 is 43.5 Å². The molecule has 0 heterocycles. The number of hydrogen-bond acceptors (Lipinski definition) is 4. The van der Waals surface area contributed by atoms with Crippen LogP contribution in [-0.2, 0) is 26.2 Å². The van der Waals surface area contributed by atoms with Crippen LogP contribution in [0.2, 0.25) is 0 Å². The number of hydrogen-bond donors (Lipinski definition) is 2. The van der Waals surface area contributed by atoms with E-state index in [1.165, 1.54) is 43.0 Å². The van der Waals surface area contributed by atoms with Gasteiger partial charge < -0.3 is 10.2 Å². The molecule has 0 radical (unpaired) electrons. The molecule has 2 rings (SSSR count). The third kappa shape index (κ3) is 5.88. The second-order valence-corrected chi connectivity index (χ2v) is 8.90. The Kier molecular flexibility index (Phi) is 7.34. The highest BCUT2D eigenvalue weighted by atomic mass is 79.9. The zero-order valence-electron chi connectivity index (χ0n) is 15.8. The van der Waals surface area contributed by atoms with Crippen molar-refractivity contribution in [2.75, 3.05) is 12.4 Å². The lowest BCUT2D eigenvalue weighted by Crippen LogP contribution is -2.45. The van der Waals surface area contributed by atoms with Crippen LogP contribution in [0.4, 0.5) is 5.69 Å². The zero-order valence-corrected chi connectivity index (χ0v) is 18.2. The summed E-state index contributed by atoms with van der Waals surface area (Å²) in [6, 6.07) is 12.3. The van der Waals surface area contributed by atoms with E-state index in [1.54, 1.807) is 7.05 Å². The molecule has 2 aromatic rings. The largest absolute Gasteiger partial charge is 0.340 e. The Morgan fingerprint density at radius 2 is 1.71 bits per heavy atom. The minimum atomic E-state index is -3.88. The minimum Gasteiger partial charge on any atom is -0.340 e. The van der Waals surface area contributed by atoms with Crippen LogP contribution in [0.1, 0.15) is 19.4 Å². The van der Waals surface area contributed by atoms with Gasteiger partial charge in [-0.2, -0.15) is 4.72 Å². The second kappa shape index (κ2) is 9.31. The van der Waals surface area contributed by atoms with Gasteiger partial charge in [-0.25, -0.2) is 8.42 Å². The number of amides is 2. The lowest BCUT2D eigenvalue weighted by atomic mass is 10.2. The molecule has 0 aliphatic heterocycles. The number of nitrogens with zero attached hydrogens (tertiary/aromatic N) is 1. The van der Waals surface area contributed by atoms with Gasteiger partial charge in [-0.3, -0.25) is 9.59 Å². The average Bonchev–Trinajstić information content (AvgIpc) is 2.62. The first-order valence-corrected chi connectivity index (χ1v) is 10.8. The van der Waals surface area contributed by atoms with E-state index in [-0.39, 0.29) is 16.7 Å². The first kappa shape index (κ1) is 22.1. The van der Waals surface area contributed by atoms with Crippen LogP contribution < -0.4 is 10.0 Å². The Balaban J connectivity index is 2.05. The minimum absolute atomic E-state index is 0.00899. The molecule has 2 amide bonds. The zero-order chi connectivity index (χ0) is 20.9. The van der Waals surface area contributed by atoms with Gasteiger partial charge in [-0.1, -0.05) is 34.1 Å². The monoisotopic (exact) mass is 467 g/mol. The fourth-order valence-electron chi connectivity index (χ4n) is 2.56. The number of carbonyl (C=O) groups excluding carboxylic acids is 2. The maximum Gasteiger partial charge on any atom is 0.241 e. The maximum atomic E-state index is 12.6. The maximum absolute atomic E-state index is 12.6. The fraction of sp³-hybridized carbons (Fsp3) is 0.263. The first-order chi connectivity index (χ1) is 13.1. The highest BCUT2D eigenvalue weighted by molar-refractivity contribution is 9.10. The van der Waals surface area contributed by atoms with Gasteiger partial charge in [-0.05, 0) is 42.8 Å². The van der Waals surface area contributed by atoms with Crippen molar-refractivity contribution in [3.05, 3.63) is 58.6 Å². The van der Waals surface area contributed by atoms with Crippen LogP contribution in [-0.4, -0.2) is 38.2 Å². The number of halogens is 1. The Morgan fingerprint density at radius 1 is 1.11 bits per heavy atom. The molecule has 7 nitrogen and oxygen atoms in total. The Morgan fingerprint density at radius 3 is 2.29 bits per heavy atom. The summed E-state index contributed by atoms with van der Waals surface area (Å²) in [5, 5.41) is 2.57. The van der Waals surface area contributed by atoms with Crippen LogP contribution in [0.25, 0.3) is 0 Å². The van der Waals surface area contributed by atoms with Crippen molar-refractivity contribution in [3.63, 3.8) is 0 Å². The smallest absolute Gasteiger partial charge is 0.241 e. The fourth-order valence-corrected chi connectivity index (χ4v) is 4.17. The molecule has 1 atom stereocenters. The number of sulfonamides is 1. The standard InChI is InChI=1S/C19H22BrN3O4S/c1-13(19(25)23(3)12-15-6-4-5-7-18(15)20)22-28(26,27)17-10-8-16(9-11-17)21-14(2)24/h4-11,13,22H,12H2,1-3H3,(H,21,24)/t13-/m0/s1. The molecule has 0 bridgehead atoms. The highest BCUT2D eigenvalue weighted by Crippen LogP contribution is 2.18. The molecule has 2 N–H and O–H groups in total. The normalized spacial score (nSPS) is 12.3. The molecule has 0 spiro atoms. The lowest BCUT2D eigenvalue weighted by Gasteiger charge is -2.22. The Hall–Kier alpha value is -2.23. The van der Waals surface area contributed by atoms with E-state index in [1.807, 2.05) is 24.3 Å². The van der Waals surface area contributed by atoms with Crippen molar-refractivity contribution in [1.82, 2.24) is 9.62 Å². The van der Waals surface area contributed by atoms with Gasteiger partial charge in [0.25, 0.3) is 0 Å². The van der Waals surface area contributed by atoms with Crippen molar-refractivity contribution in [1.29, 1.82) is 0 Å². The summed E-state index contributed by atoms with van der Waals surface area (Å²) in [7, 11) is -2.26. The van der Waals surface area contributed by atoms with Crippen LogP contribution in [0, 0.1) is 0 Å². The summed E-state index contributed by atoms with van der Waals surface area (Å²) in [5.41, 5.74) is 1.41. The number of rotatable bonds is 7. The van der Waals surface area contributed by atoms with Crippen LogP contribution in [0.5, 0.6) is 0 Å². The second-order valence-electron chi connectivity index (χ2n) is 6.33. The topological polar surface area (TPSA) is 95.6 Å². The van der Waals surface area contributed by atoms with E-state index < -0.39 is 16.1 Å². The van der Waals surface area contributed by atoms with Crippen molar-refractivity contribution in [3.8, 4) is 0 Å². The van der Waals surface area contributed by atoms with Gasteiger partial charge in [0.05, 0.1) is 10.9 Å². The molecule has 0 aliphatic carbocycles. The van der Waals surface area contributed by atoms with E-state index >= 15 is 0 Å². The third-order valence-electron chi connectivity index (χ3n) is 3.93. The first-order valence-electron chi connectivity index (χ1n) is 8.48. The Labute approximate surface area is 173 Å². The lowest BCUT2D eigenvalue weighted by molar-refractivity contribution is -0.131. The predicted molar refractivity (Wildman–Crippen MR) is 111 cm³/mol. The van der Waals surface area contributed by atoms with E-state index in [2.05, 4.69) is 26.0 Å².